The van der Waals surface area contributed by atoms with Crippen molar-refractivity contribution in [3.05, 3.63) is 106 Å². The minimum absolute atomic E-state index is 0.0779. The van der Waals surface area contributed by atoms with E-state index in [9.17, 15) is 9.90 Å². The second kappa shape index (κ2) is 8.53. The van der Waals surface area contributed by atoms with Gasteiger partial charge >= 0.3 is 0 Å². The van der Waals surface area contributed by atoms with Gasteiger partial charge in [-0.3, -0.25) is 9.89 Å². The summed E-state index contributed by atoms with van der Waals surface area (Å²) in [6.07, 6.45) is 5.86. The van der Waals surface area contributed by atoms with Crippen molar-refractivity contribution >= 4 is 12.2 Å². The Bertz CT molecular complexity index is 1230. The third kappa shape index (κ3) is 4.03. The van der Waals surface area contributed by atoms with Crippen LogP contribution >= 0.6 is 0 Å². The number of aromatic nitrogens is 3. The number of rotatable bonds is 6. The number of methoxy groups -OCH3 is 1. The van der Waals surface area contributed by atoms with E-state index in [1.165, 1.54) is 11.8 Å². The van der Waals surface area contributed by atoms with E-state index in [0.717, 1.165) is 11.1 Å². The summed E-state index contributed by atoms with van der Waals surface area (Å²) in [4.78, 5) is 17.4. The number of ether oxygens (including phenoxy) is 1. The molecule has 2 aromatic carbocycles. The van der Waals surface area contributed by atoms with E-state index in [0.29, 0.717) is 29.2 Å². The van der Waals surface area contributed by atoms with Gasteiger partial charge in [0.05, 0.1) is 12.8 Å². The van der Waals surface area contributed by atoms with Crippen LogP contribution in [0.25, 0.3) is 18.0 Å². The van der Waals surface area contributed by atoms with Crippen LogP contribution in [0.3, 0.4) is 0 Å². The van der Waals surface area contributed by atoms with E-state index in [-0.39, 0.29) is 11.3 Å². The van der Waals surface area contributed by atoms with Crippen LogP contribution in [-0.2, 0) is 6.42 Å². The molecule has 0 fully saturated rings. The van der Waals surface area contributed by atoms with Crippen LogP contribution in [0.1, 0.15) is 22.4 Å². The first-order chi connectivity index (χ1) is 14.7. The number of hydrogen-bond acceptors (Lipinski definition) is 4. The molecule has 0 radical (unpaired) electrons. The lowest BCUT2D eigenvalue weighted by Gasteiger charge is -2.03. The third-order valence-corrected chi connectivity index (χ3v) is 4.77. The fourth-order valence-corrected chi connectivity index (χ4v) is 3.22. The van der Waals surface area contributed by atoms with Gasteiger partial charge in [0.25, 0.3) is 5.56 Å². The van der Waals surface area contributed by atoms with Crippen LogP contribution < -0.4 is 10.3 Å². The number of H-pyrrole nitrogens is 1. The third-order valence-electron chi connectivity index (χ3n) is 4.77. The number of aromatic amines is 1. The minimum atomic E-state index is -0.138. The van der Waals surface area contributed by atoms with Crippen LogP contribution in [0.5, 0.6) is 11.5 Å². The Morgan fingerprint density at radius 1 is 1.07 bits per heavy atom. The van der Waals surface area contributed by atoms with E-state index in [1.54, 1.807) is 36.5 Å². The Balaban J connectivity index is 1.76. The van der Waals surface area contributed by atoms with Gasteiger partial charge in [0.2, 0.25) is 0 Å². The molecule has 6 heteroatoms. The number of phenolic OH excluding ortho intramolecular Hbond substituents is 1. The molecule has 6 nitrogen and oxygen atoms in total. The molecule has 4 rings (SSSR count). The zero-order valence-electron chi connectivity index (χ0n) is 16.4. The zero-order valence-corrected chi connectivity index (χ0v) is 16.4. The van der Waals surface area contributed by atoms with Gasteiger partial charge in [-0.05, 0) is 41.5 Å². The Labute approximate surface area is 173 Å². The molecule has 0 bridgehead atoms. The molecule has 4 aromatic rings. The van der Waals surface area contributed by atoms with E-state index in [2.05, 4.69) is 10.1 Å². The molecule has 0 aliphatic carbocycles. The maximum Gasteiger partial charge on any atom is 0.276 e. The number of nitrogens with zero attached hydrogens (tertiary/aromatic N) is 2. The van der Waals surface area contributed by atoms with Gasteiger partial charge in [0, 0.05) is 18.2 Å². The summed E-state index contributed by atoms with van der Waals surface area (Å²) < 4.78 is 6.62. The van der Waals surface area contributed by atoms with E-state index < -0.39 is 0 Å². The largest absolute Gasteiger partial charge is 0.504 e. The first kappa shape index (κ1) is 19.3. The van der Waals surface area contributed by atoms with Gasteiger partial charge < -0.3 is 9.84 Å². The highest BCUT2D eigenvalue weighted by atomic mass is 16.5. The fraction of sp³-hybridized carbons (Fsp3) is 0.0833. The lowest BCUT2D eigenvalue weighted by atomic mass is 10.0. The summed E-state index contributed by atoms with van der Waals surface area (Å²) in [5, 5.41) is 13.0. The molecule has 0 spiro atoms. The molecule has 0 saturated heterocycles. The molecule has 0 atom stereocenters. The van der Waals surface area contributed by atoms with Crippen LogP contribution in [0.2, 0.25) is 0 Å². The molecule has 2 aromatic heterocycles. The second-order valence-electron chi connectivity index (χ2n) is 6.76. The Kier molecular flexibility index (Phi) is 5.48. The number of benzene rings is 2. The van der Waals surface area contributed by atoms with Gasteiger partial charge in [-0.1, -0.05) is 48.5 Å². The van der Waals surface area contributed by atoms with Crippen LogP contribution in [-0.4, -0.2) is 27.0 Å². The standard InChI is InChI=1S/C24H21N3O3/c1-30-22-16-18(11-13-21(22)28)10-12-20-19(15-17-7-3-2-4-8-17)24(29)27(26-20)23-9-5-6-14-25-23/h2-14,16,26,28H,15H2,1H3. The first-order valence-electron chi connectivity index (χ1n) is 9.50. The van der Waals surface area contributed by atoms with Crippen molar-refractivity contribution in [1.82, 2.24) is 14.8 Å². The second-order valence-corrected chi connectivity index (χ2v) is 6.76. The van der Waals surface area contributed by atoms with E-state index in [4.69, 9.17) is 4.74 Å². The molecule has 2 N–H and O–H groups in total. The summed E-state index contributed by atoms with van der Waals surface area (Å²) >= 11 is 0. The lowest BCUT2D eigenvalue weighted by Crippen LogP contribution is -2.18. The summed E-state index contributed by atoms with van der Waals surface area (Å²) in [7, 11) is 1.50. The predicted octanol–water partition coefficient (Wildman–Crippen LogP) is 4.04. The van der Waals surface area contributed by atoms with Gasteiger partial charge in [-0.15, -0.1) is 0 Å². The quantitative estimate of drug-likeness (QED) is 0.513. The van der Waals surface area contributed by atoms with Gasteiger partial charge in [0.1, 0.15) is 0 Å². The van der Waals surface area contributed by atoms with Crippen molar-refractivity contribution in [2.24, 2.45) is 0 Å². The molecule has 0 aliphatic heterocycles. The molecule has 0 amide bonds. The van der Waals surface area contributed by atoms with E-state index >= 15 is 0 Å². The SMILES string of the molecule is COc1cc(C=Cc2[nH]n(-c3ccccn3)c(=O)c2Cc2ccccc2)ccc1O. The smallest absolute Gasteiger partial charge is 0.276 e. The molecule has 30 heavy (non-hydrogen) atoms. The Hall–Kier alpha value is -4.06. The fourth-order valence-electron chi connectivity index (χ4n) is 3.22. The molecular formula is C24H21N3O3. The topological polar surface area (TPSA) is 80.1 Å². The number of hydrogen-bond donors (Lipinski definition) is 2. The van der Waals surface area contributed by atoms with Gasteiger partial charge in [-0.2, -0.15) is 0 Å². The number of phenols is 1. The highest BCUT2D eigenvalue weighted by Crippen LogP contribution is 2.27. The average molecular weight is 399 g/mol. The maximum atomic E-state index is 13.2. The molecule has 0 aliphatic rings. The minimum Gasteiger partial charge on any atom is -0.504 e. The molecule has 2 heterocycles. The summed E-state index contributed by atoms with van der Waals surface area (Å²) in [6, 6.07) is 20.4. The first-order valence-corrected chi connectivity index (χ1v) is 9.50. The summed E-state index contributed by atoms with van der Waals surface area (Å²) in [5.74, 6) is 0.998. The zero-order chi connectivity index (χ0) is 20.9. The van der Waals surface area contributed by atoms with Crippen LogP contribution in [0.15, 0.2) is 77.7 Å². The van der Waals surface area contributed by atoms with Crippen molar-refractivity contribution in [3.8, 4) is 17.3 Å². The number of nitrogens with one attached hydrogen (secondary N) is 1. The van der Waals surface area contributed by atoms with Crippen molar-refractivity contribution in [2.75, 3.05) is 7.11 Å². The van der Waals surface area contributed by atoms with Crippen molar-refractivity contribution in [1.29, 1.82) is 0 Å². The summed E-state index contributed by atoms with van der Waals surface area (Å²) in [5.41, 5.74) is 3.08. The normalized spacial score (nSPS) is 11.1. The predicted molar refractivity (Wildman–Crippen MR) is 117 cm³/mol. The number of pyridine rings is 1. The molecule has 0 saturated carbocycles. The van der Waals surface area contributed by atoms with Crippen molar-refractivity contribution < 1.29 is 9.84 Å². The monoisotopic (exact) mass is 399 g/mol. The average Bonchev–Trinajstić information content (AvgIpc) is 3.10. The molecule has 0 unspecified atom stereocenters. The maximum absolute atomic E-state index is 13.2. The molecule has 150 valence electrons. The highest BCUT2D eigenvalue weighted by molar-refractivity contribution is 5.71. The van der Waals surface area contributed by atoms with Crippen LogP contribution in [0, 0.1) is 0 Å². The lowest BCUT2D eigenvalue weighted by molar-refractivity contribution is 0.373. The van der Waals surface area contributed by atoms with Gasteiger partial charge in [0.15, 0.2) is 17.3 Å². The van der Waals surface area contributed by atoms with Gasteiger partial charge in [-0.25, -0.2) is 9.67 Å². The van der Waals surface area contributed by atoms with Crippen LogP contribution in [0.4, 0.5) is 0 Å². The van der Waals surface area contributed by atoms with Crippen molar-refractivity contribution in [3.63, 3.8) is 0 Å². The Morgan fingerprint density at radius 2 is 1.87 bits per heavy atom. The highest BCUT2D eigenvalue weighted by Gasteiger charge is 2.15. The Morgan fingerprint density at radius 3 is 2.60 bits per heavy atom. The molecular weight excluding hydrogens is 378 g/mol. The van der Waals surface area contributed by atoms with E-state index in [1.807, 2.05) is 48.6 Å². The number of aromatic hydroxyl groups is 1. The van der Waals surface area contributed by atoms with Crippen molar-refractivity contribution in [2.45, 2.75) is 6.42 Å². The summed E-state index contributed by atoms with van der Waals surface area (Å²) in [6.45, 7) is 0.